The van der Waals surface area contributed by atoms with Crippen LogP contribution in [0.2, 0.25) is 0 Å². The molecule has 6 heteroatoms. The van der Waals surface area contributed by atoms with Crippen molar-refractivity contribution in [2.45, 2.75) is 38.0 Å². The Kier molecular flexibility index (Phi) is 7.48. The molecule has 0 radical (unpaired) electrons. The van der Waals surface area contributed by atoms with Gasteiger partial charge in [-0.05, 0) is 59.2 Å². The van der Waals surface area contributed by atoms with Gasteiger partial charge in [-0.3, -0.25) is 0 Å². The van der Waals surface area contributed by atoms with E-state index in [1.54, 1.807) is 13.0 Å². The van der Waals surface area contributed by atoms with E-state index in [2.05, 4.69) is 55.0 Å². The van der Waals surface area contributed by atoms with Gasteiger partial charge in [0.2, 0.25) is 10.0 Å². The molecule has 3 aromatic rings. The van der Waals surface area contributed by atoms with Crippen LogP contribution in [0.4, 0.5) is 0 Å². The number of hydrogen-bond acceptors (Lipinski definition) is 4. The number of rotatable bonds is 8. The minimum atomic E-state index is -3.73. The van der Waals surface area contributed by atoms with Gasteiger partial charge in [-0.2, -0.15) is 0 Å². The minimum absolute atomic E-state index is 0.0451. The van der Waals surface area contributed by atoms with Crippen LogP contribution in [0.15, 0.2) is 71.6 Å². The molecule has 0 aliphatic carbocycles. The smallest absolute Gasteiger partial charge is 0.338 e. The second kappa shape index (κ2) is 10.1. The van der Waals surface area contributed by atoms with Crippen molar-refractivity contribution in [3.63, 3.8) is 0 Å². The van der Waals surface area contributed by atoms with Gasteiger partial charge in [-0.25, -0.2) is 17.9 Å². The lowest BCUT2D eigenvalue weighted by Crippen LogP contribution is -2.26. The molecule has 0 aliphatic heterocycles. The molecule has 168 valence electrons. The van der Waals surface area contributed by atoms with Crippen molar-refractivity contribution in [2.75, 3.05) is 13.7 Å². The summed E-state index contributed by atoms with van der Waals surface area (Å²) in [4.78, 5) is 11.9. The quantitative estimate of drug-likeness (QED) is 0.484. The molecule has 1 N–H and O–H groups in total. The minimum Gasteiger partial charge on any atom is -0.465 e. The molecule has 5 nitrogen and oxygen atoms in total. The number of benzene rings is 3. The van der Waals surface area contributed by atoms with Crippen molar-refractivity contribution in [3.8, 4) is 11.1 Å². The molecule has 0 atom stereocenters. The van der Waals surface area contributed by atoms with Crippen LogP contribution in [0.1, 0.15) is 46.8 Å². The van der Waals surface area contributed by atoms with Crippen LogP contribution in [-0.4, -0.2) is 28.0 Å². The maximum Gasteiger partial charge on any atom is 0.338 e. The molecular formula is C26H29NO4S. The lowest BCUT2D eigenvalue weighted by atomic mass is 9.98. The zero-order chi connectivity index (χ0) is 23.3. The van der Waals surface area contributed by atoms with E-state index in [0.29, 0.717) is 17.9 Å². The van der Waals surface area contributed by atoms with Gasteiger partial charge in [0.05, 0.1) is 17.6 Å². The fourth-order valence-electron chi connectivity index (χ4n) is 3.44. The predicted octanol–water partition coefficient (Wildman–Crippen LogP) is 5.09. The maximum atomic E-state index is 12.6. The van der Waals surface area contributed by atoms with Gasteiger partial charge >= 0.3 is 5.97 Å². The molecule has 0 bridgehead atoms. The Hall–Kier alpha value is -2.96. The Balaban J connectivity index is 1.63. The van der Waals surface area contributed by atoms with Crippen molar-refractivity contribution in [1.82, 2.24) is 4.72 Å². The number of aryl methyl sites for hydroxylation is 1. The van der Waals surface area contributed by atoms with Gasteiger partial charge in [-0.15, -0.1) is 0 Å². The van der Waals surface area contributed by atoms with Crippen LogP contribution < -0.4 is 4.72 Å². The number of esters is 1. The highest BCUT2D eigenvalue weighted by molar-refractivity contribution is 7.89. The molecule has 0 spiro atoms. The Labute approximate surface area is 190 Å². The lowest BCUT2D eigenvalue weighted by Gasteiger charge is -2.10. The first kappa shape index (κ1) is 23.7. The highest BCUT2D eigenvalue weighted by Crippen LogP contribution is 2.23. The zero-order valence-corrected chi connectivity index (χ0v) is 19.7. The fraction of sp³-hybridized carbons (Fsp3) is 0.269. The highest BCUT2D eigenvalue weighted by atomic mass is 32.2. The van der Waals surface area contributed by atoms with Crippen molar-refractivity contribution >= 4 is 16.0 Å². The molecule has 0 amide bonds. The third-order valence-electron chi connectivity index (χ3n) is 5.50. The van der Waals surface area contributed by atoms with E-state index in [4.69, 9.17) is 4.74 Å². The van der Waals surface area contributed by atoms with Crippen LogP contribution in [0.25, 0.3) is 11.1 Å². The van der Waals surface area contributed by atoms with E-state index in [-0.39, 0.29) is 17.0 Å². The number of carbonyl (C=O) groups excluding carboxylic acids is 1. The first-order chi connectivity index (χ1) is 15.2. The summed E-state index contributed by atoms with van der Waals surface area (Å²) < 4.78 is 32.6. The van der Waals surface area contributed by atoms with Crippen molar-refractivity contribution < 1.29 is 17.9 Å². The molecule has 32 heavy (non-hydrogen) atoms. The summed E-state index contributed by atoms with van der Waals surface area (Å²) in [5.74, 6) is -0.0549. The maximum absolute atomic E-state index is 12.6. The van der Waals surface area contributed by atoms with Gasteiger partial charge in [-0.1, -0.05) is 68.4 Å². The van der Waals surface area contributed by atoms with Gasteiger partial charge in [0, 0.05) is 6.54 Å². The summed E-state index contributed by atoms with van der Waals surface area (Å²) in [6, 6.07) is 21.1. The topological polar surface area (TPSA) is 72.5 Å². The molecule has 3 rings (SSSR count). The van der Waals surface area contributed by atoms with E-state index in [0.717, 1.165) is 16.7 Å². The number of nitrogens with one attached hydrogen (secondary N) is 1. The molecule has 0 unspecified atom stereocenters. The summed E-state index contributed by atoms with van der Waals surface area (Å²) >= 11 is 0. The number of ether oxygens (including phenoxy) is 1. The Morgan fingerprint density at radius 1 is 0.938 bits per heavy atom. The number of carbonyl (C=O) groups is 1. The highest BCUT2D eigenvalue weighted by Gasteiger charge is 2.18. The Morgan fingerprint density at radius 3 is 2.09 bits per heavy atom. The molecule has 0 saturated carbocycles. The second-order valence-electron chi connectivity index (χ2n) is 8.09. The number of hydrogen-bond donors (Lipinski definition) is 1. The average Bonchev–Trinajstić information content (AvgIpc) is 2.79. The van der Waals surface area contributed by atoms with E-state index in [1.165, 1.54) is 24.8 Å². The van der Waals surface area contributed by atoms with Gasteiger partial charge < -0.3 is 4.74 Å². The summed E-state index contributed by atoms with van der Waals surface area (Å²) in [5, 5.41) is 0. The molecular weight excluding hydrogens is 422 g/mol. The first-order valence-corrected chi connectivity index (χ1v) is 12.1. The monoisotopic (exact) mass is 451 g/mol. The van der Waals surface area contributed by atoms with Crippen LogP contribution >= 0.6 is 0 Å². The SMILES string of the molecule is COC(=O)c1cc(S(=O)(=O)NCCc2ccc(-c3ccc(C(C)C)cc3)cc2)ccc1C. The molecule has 0 heterocycles. The summed E-state index contributed by atoms with van der Waals surface area (Å²) in [5.41, 5.74) is 5.53. The van der Waals surface area contributed by atoms with E-state index >= 15 is 0 Å². The standard InChI is InChI=1S/C26H29NO4S/c1-18(2)21-10-12-23(13-11-21)22-8-6-20(7-9-22)15-16-27-32(29,30)24-14-5-19(3)25(17-24)26(28)31-4/h5-14,17-18,27H,15-16H2,1-4H3. The molecule has 0 aromatic heterocycles. The van der Waals surface area contributed by atoms with Crippen LogP contribution in [0, 0.1) is 6.92 Å². The van der Waals surface area contributed by atoms with Gasteiger partial charge in [0.25, 0.3) is 0 Å². The Morgan fingerprint density at radius 2 is 1.53 bits per heavy atom. The summed E-state index contributed by atoms with van der Waals surface area (Å²) in [6.07, 6.45) is 0.557. The van der Waals surface area contributed by atoms with E-state index < -0.39 is 16.0 Å². The van der Waals surface area contributed by atoms with E-state index in [9.17, 15) is 13.2 Å². The third kappa shape index (κ3) is 5.64. The van der Waals surface area contributed by atoms with Gasteiger partial charge in [0.15, 0.2) is 0 Å². The molecule has 3 aromatic carbocycles. The average molecular weight is 452 g/mol. The van der Waals surface area contributed by atoms with Crippen molar-refractivity contribution in [3.05, 3.63) is 89.0 Å². The Bertz CT molecular complexity index is 1180. The second-order valence-corrected chi connectivity index (χ2v) is 9.86. The molecule has 0 saturated heterocycles. The summed E-state index contributed by atoms with van der Waals surface area (Å²) in [7, 11) is -2.46. The van der Waals surface area contributed by atoms with E-state index in [1.807, 2.05) is 12.1 Å². The zero-order valence-electron chi connectivity index (χ0n) is 18.9. The lowest BCUT2D eigenvalue weighted by molar-refractivity contribution is 0.0599. The molecule has 0 fully saturated rings. The first-order valence-electron chi connectivity index (χ1n) is 10.6. The number of sulfonamides is 1. The molecule has 0 aliphatic rings. The largest absolute Gasteiger partial charge is 0.465 e. The number of methoxy groups -OCH3 is 1. The van der Waals surface area contributed by atoms with Crippen LogP contribution in [-0.2, 0) is 21.2 Å². The fourth-order valence-corrected chi connectivity index (χ4v) is 4.49. The van der Waals surface area contributed by atoms with Crippen LogP contribution in [0.3, 0.4) is 0 Å². The van der Waals surface area contributed by atoms with Crippen molar-refractivity contribution in [2.24, 2.45) is 0 Å². The van der Waals surface area contributed by atoms with Crippen molar-refractivity contribution in [1.29, 1.82) is 0 Å². The van der Waals surface area contributed by atoms with Crippen LogP contribution in [0.5, 0.6) is 0 Å². The normalized spacial score (nSPS) is 11.5. The summed E-state index contributed by atoms with van der Waals surface area (Å²) in [6.45, 7) is 6.34. The van der Waals surface area contributed by atoms with Gasteiger partial charge in [0.1, 0.15) is 0 Å². The predicted molar refractivity (Wildman–Crippen MR) is 127 cm³/mol. The third-order valence-corrected chi connectivity index (χ3v) is 6.95.